The van der Waals surface area contributed by atoms with Crippen LogP contribution >= 0.6 is 0 Å². The first kappa shape index (κ1) is 11.4. The summed E-state index contributed by atoms with van der Waals surface area (Å²) >= 11 is 0. The molecule has 0 bridgehead atoms. The van der Waals surface area contributed by atoms with Gasteiger partial charge in [0.05, 0.1) is 0 Å². The van der Waals surface area contributed by atoms with Gasteiger partial charge in [-0.15, -0.1) is 0 Å². The number of rotatable bonds is 2. The van der Waals surface area contributed by atoms with Crippen molar-refractivity contribution in [2.24, 2.45) is 0 Å². The fraction of sp³-hybridized carbons (Fsp3) is 0.818. The number of piperidine rings is 1. The van der Waals surface area contributed by atoms with Gasteiger partial charge in [0.1, 0.15) is 6.04 Å². The van der Waals surface area contributed by atoms with E-state index in [1.165, 1.54) is 0 Å². The first-order valence-electron chi connectivity index (χ1n) is 5.96. The number of likely N-dealkylation sites (N-methyl/N-ethyl adjacent to an activating group) is 1. The largest absolute Gasteiger partial charge is 0.344 e. The highest BCUT2D eigenvalue weighted by atomic mass is 16.2. The number of nitrogens with one attached hydrogen (secondary N) is 2. The molecule has 2 aliphatic heterocycles. The maximum absolute atomic E-state index is 12.1. The molecule has 2 amide bonds. The second kappa shape index (κ2) is 4.82. The number of nitrogens with zero attached hydrogens (tertiary/aromatic N) is 1. The predicted molar refractivity (Wildman–Crippen MR) is 59.8 cm³/mol. The van der Waals surface area contributed by atoms with E-state index in [-0.39, 0.29) is 17.9 Å². The number of carbonyl (C=O) groups excluding carboxylic acids is 2. The van der Waals surface area contributed by atoms with Crippen LogP contribution in [0.15, 0.2) is 0 Å². The summed E-state index contributed by atoms with van der Waals surface area (Å²) in [5, 5.41) is 5.94. The highest BCUT2D eigenvalue weighted by Gasteiger charge is 2.32. The lowest BCUT2D eigenvalue weighted by Crippen LogP contribution is -2.52. The summed E-state index contributed by atoms with van der Waals surface area (Å²) in [7, 11) is 1.93. The lowest BCUT2D eigenvalue weighted by Gasteiger charge is -2.34. The molecule has 0 spiro atoms. The van der Waals surface area contributed by atoms with Gasteiger partial charge in [0.25, 0.3) is 0 Å². The Morgan fingerprint density at radius 1 is 1.50 bits per heavy atom. The predicted octanol–water partition coefficient (Wildman–Crippen LogP) is -0.525. The fourth-order valence-corrected chi connectivity index (χ4v) is 2.43. The van der Waals surface area contributed by atoms with Gasteiger partial charge < -0.3 is 15.5 Å². The van der Waals surface area contributed by atoms with Crippen molar-refractivity contribution < 1.29 is 9.59 Å². The summed E-state index contributed by atoms with van der Waals surface area (Å²) in [6.45, 7) is 1.59. The van der Waals surface area contributed by atoms with Gasteiger partial charge in [0, 0.05) is 25.6 Å². The van der Waals surface area contributed by atoms with Crippen LogP contribution in [0, 0.1) is 0 Å². The molecule has 0 radical (unpaired) electrons. The van der Waals surface area contributed by atoms with Gasteiger partial charge in [-0.2, -0.15) is 0 Å². The van der Waals surface area contributed by atoms with E-state index >= 15 is 0 Å². The number of carbonyl (C=O) groups is 2. The molecule has 0 aromatic rings. The fourth-order valence-electron chi connectivity index (χ4n) is 2.43. The number of hydrogen-bond donors (Lipinski definition) is 2. The van der Waals surface area contributed by atoms with Crippen LogP contribution < -0.4 is 10.6 Å². The smallest absolute Gasteiger partial charge is 0.245 e. The minimum Gasteiger partial charge on any atom is -0.344 e. The van der Waals surface area contributed by atoms with Crippen molar-refractivity contribution in [3.05, 3.63) is 0 Å². The zero-order valence-electron chi connectivity index (χ0n) is 9.66. The van der Waals surface area contributed by atoms with Crippen LogP contribution in [0.5, 0.6) is 0 Å². The molecule has 2 rings (SSSR count). The van der Waals surface area contributed by atoms with E-state index in [1.54, 1.807) is 0 Å². The van der Waals surface area contributed by atoms with Crippen molar-refractivity contribution in [1.29, 1.82) is 0 Å². The third kappa shape index (κ3) is 2.35. The summed E-state index contributed by atoms with van der Waals surface area (Å²) < 4.78 is 0. The van der Waals surface area contributed by atoms with Crippen LogP contribution in [0.4, 0.5) is 0 Å². The monoisotopic (exact) mass is 225 g/mol. The first-order valence-corrected chi connectivity index (χ1v) is 5.96. The van der Waals surface area contributed by atoms with Gasteiger partial charge >= 0.3 is 0 Å². The zero-order valence-corrected chi connectivity index (χ0v) is 9.66. The molecule has 0 aromatic carbocycles. The summed E-state index contributed by atoms with van der Waals surface area (Å²) in [6, 6.07) is 0.123. The third-order valence-electron chi connectivity index (χ3n) is 3.43. The molecule has 2 N–H and O–H groups in total. The molecule has 5 nitrogen and oxygen atoms in total. The van der Waals surface area contributed by atoms with Crippen LogP contribution in [0.1, 0.15) is 25.7 Å². The van der Waals surface area contributed by atoms with Gasteiger partial charge in [0.2, 0.25) is 11.8 Å². The van der Waals surface area contributed by atoms with Crippen LogP contribution in [-0.2, 0) is 9.59 Å². The normalized spacial score (nSPS) is 30.3. The maximum Gasteiger partial charge on any atom is 0.245 e. The molecule has 2 aliphatic rings. The Bertz CT molecular complexity index is 293. The van der Waals surface area contributed by atoms with Crippen LogP contribution in [0.25, 0.3) is 0 Å². The molecule has 2 fully saturated rings. The van der Waals surface area contributed by atoms with Crippen molar-refractivity contribution in [3.63, 3.8) is 0 Å². The zero-order chi connectivity index (χ0) is 11.5. The maximum atomic E-state index is 12.1. The minimum atomic E-state index is -0.275. The molecule has 0 aromatic heterocycles. The van der Waals surface area contributed by atoms with Crippen molar-refractivity contribution in [3.8, 4) is 0 Å². The Balaban J connectivity index is 1.91. The highest BCUT2D eigenvalue weighted by molar-refractivity contribution is 5.90. The average molecular weight is 225 g/mol. The molecular weight excluding hydrogens is 206 g/mol. The summed E-state index contributed by atoms with van der Waals surface area (Å²) in [5.74, 6) is 0.0892. The van der Waals surface area contributed by atoms with E-state index in [2.05, 4.69) is 10.6 Å². The molecule has 2 saturated heterocycles. The molecule has 0 aliphatic carbocycles. The first-order chi connectivity index (χ1) is 7.70. The van der Waals surface area contributed by atoms with E-state index in [0.29, 0.717) is 18.9 Å². The van der Waals surface area contributed by atoms with Gasteiger partial charge in [-0.25, -0.2) is 0 Å². The molecular formula is C11H19N3O2. The van der Waals surface area contributed by atoms with Crippen molar-refractivity contribution >= 4 is 11.8 Å². The molecule has 5 heteroatoms. The van der Waals surface area contributed by atoms with E-state index in [4.69, 9.17) is 0 Å². The van der Waals surface area contributed by atoms with E-state index < -0.39 is 0 Å². The van der Waals surface area contributed by atoms with E-state index in [9.17, 15) is 9.59 Å². The van der Waals surface area contributed by atoms with E-state index in [1.807, 2.05) is 11.9 Å². The Hall–Kier alpha value is -1.10. The second-order valence-corrected chi connectivity index (χ2v) is 4.57. The second-order valence-electron chi connectivity index (χ2n) is 4.57. The Labute approximate surface area is 95.6 Å². The van der Waals surface area contributed by atoms with Crippen LogP contribution in [0.3, 0.4) is 0 Å². The van der Waals surface area contributed by atoms with Gasteiger partial charge in [-0.1, -0.05) is 0 Å². The third-order valence-corrected chi connectivity index (χ3v) is 3.43. The molecule has 90 valence electrons. The van der Waals surface area contributed by atoms with Crippen molar-refractivity contribution in [2.75, 3.05) is 20.1 Å². The molecule has 2 atom stereocenters. The lowest BCUT2D eigenvalue weighted by molar-refractivity contribution is -0.135. The van der Waals surface area contributed by atoms with Crippen LogP contribution in [-0.4, -0.2) is 48.9 Å². The van der Waals surface area contributed by atoms with Crippen molar-refractivity contribution in [1.82, 2.24) is 15.5 Å². The van der Waals surface area contributed by atoms with Gasteiger partial charge in [-0.05, 0) is 26.3 Å². The summed E-state index contributed by atoms with van der Waals surface area (Å²) in [6.07, 6.45) is 3.30. The average Bonchev–Trinajstić information content (AvgIpc) is 2.75. The van der Waals surface area contributed by atoms with Crippen LogP contribution in [0.2, 0.25) is 0 Å². The lowest BCUT2D eigenvalue weighted by atomic mass is 10.0. The number of hydrogen-bond acceptors (Lipinski definition) is 3. The molecule has 2 heterocycles. The summed E-state index contributed by atoms with van der Waals surface area (Å²) in [4.78, 5) is 25.0. The molecule has 16 heavy (non-hydrogen) atoms. The topological polar surface area (TPSA) is 61.4 Å². The van der Waals surface area contributed by atoms with Crippen molar-refractivity contribution in [2.45, 2.75) is 37.8 Å². The molecule has 1 unspecified atom stereocenters. The molecule has 0 saturated carbocycles. The highest BCUT2D eigenvalue weighted by Crippen LogP contribution is 2.15. The minimum absolute atomic E-state index is 0.000487. The quantitative estimate of drug-likeness (QED) is 0.664. The standard InChI is InChI=1S/C11H19N3O2/c1-12-8-3-2-6-14(7-8)11(16)9-4-5-10(15)13-9/h8-9,12H,2-7H2,1H3,(H,13,15)/t8?,9-/m0/s1. The Morgan fingerprint density at radius 2 is 2.31 bits per heavy atom. The summed E-state index contributed by atoms with van der Waals surface area (Å²) in [5.41, 5.74) is 0. The van der Waals surface area contributed by atoms with Gasteiger partial charge in [-0.3, -0.25) is 9.59 Å². The van der Waals surface area contributed by atoms with Gasteiger partial charge in [0.15, 0.2) is 0 Å². The Kier molecular flexibility index (Phi) is 3.43. The number of amides is 2. The SMILES string of the molecule is CNC1CCCN(C(=O)[C@@H]2CCC(=O)N2)C1. The Morgan fingerprint density at radius 3 is 2.94 bits per heavy atom. The number of likely N-dealkylation sites (tertiary alicyclic amines) is 1. The van der Waals surface area contributed by atoms with E-state index in [0.717, 1.165) is 25.9 Å².